The second-order valence-electron chi connectivity index (χ2n) is 5.33. The molecule has 0 unspecified atom stereocenters. The van der Waals surface area contributed by atoms with Crippen molar-refractivity contribution in [1.82, 2.24) is 5.32 Å². The first-order valence-electron chi connectivity index (χ1n) is 7.51. The van der Waals surface area contributed by atoms with Crippen LogP contribution in [-0.2, 0) is 10.5 Å². The quantitative estimate of drug-likeness (QED) is 0.744. The van der Waals surface area contributed by atoms with Crippen LogP contribution in [0.1, 0.15) is 37.7 Å². The van der Waals surface area contributed by atoms with Crippen molar-refractivity contribution in [2.24, 2.45) is 0 Å². The van der Waals surface area contributed by atoms with E-state index in [0.29, 0.717) is 5.75 Å². The van der Waals surface area contributed by atoms with Gasteiger partial charge < -0.3 is 5.32 Å². The number of halogens is 1. The highest BCUT2D eigenvalue weighted by Crippen LogP contribution is 2.19. The van der Waals surface area contributed by atoms with Crippen LogP contribution in [-0.4, -0.2) is 18.2 Å². The number of carbonyl (C=O) groups excluding carboxylic acids is 1. The third-order valence-corrected chi connectivity index (χ3v) is 4.82. The molecule has 2 nitrogen and oxygen atoms in total. The molecule has 0 fully saturated rings. The van der Waals surface area contributed by atoms with Crippen LogP contribution in [0.5, 0.6) is 0 Å². The van der Waals surface area contributed by atoms with Gasteiger partial charge in [-0.3, -0.25) is 4.79 Å². The minimum absolute atomic E-state index is 0.130. The highest BCUT2D eigenvalue weighted by Gasteiger charge is 2.05. The van der Waals surface area contributed by atoms with E-state index in [9.17, 15) is 4.79 Å². The molecular weight excluding hydrogens is 302 g/mol. The fourth-order valence-corrected chi connectivity index (χ4v) is 3.33. The van der Waals surface area contributed by atoms with Crippen LogP contribution in [0.25, 0.3) is 0 Å². The molecule has 1 aliphatic carbocycles. The summed E-state index contributed by atoms with van der Waals surface area (Å²) in [5, 5.41) is 3.75. The van der Waals surface area contributed by atoms with E-state index in [1.807, 2.05) is 24.3 Å². The van der Waals surface area contributed by atoms with Crippen molar-refractivity contribution >= 4 is 29.3 Å². The highest BCUT2D eigenvalue weighted by atomic mass is 35.5. The number of nitrogens with one attached hydrogen (secondary N) is 1. The summed E-state index contributed by atoms with van der Waals surface area (Å²) in [6.45, 7) is 0.770. The number of allylic oxidation sites excluding steroid dienone is 1. The van der Waals surface area contributed by atoms with Crippen molar-refractivity contribution in [2.75, 3.05) is 12.3 Å². The molecule has 0 spiro atoms. The van der Waals surface area contributed by atoms with Gasteiger partial charge in [-0.15, -0.1) is 11.8 Å². The predicted molar refractivity (Wildman–Crippen MR) is 91.8 cm³/mol. The van der Waals surface area contributed by atoms with E-state index < -0.39 is 0 Å². The molecule has 21 heavy (non-hydrogen) atoms. The fraction of sp³-hybridized carbons (Fsp3) is 0.471. The van der Waals surface area contributed by atoms with Crippen molar-refractivity contribution in [3.05, 3.63) is 46.5 Å². The minimum Gasteiger partial charge on any atom is -0.355 e. The van der Waals surface area contributed by atoms with Gasteiger partial charge in [0, 0.05) is 17.3 Å². The first-order valence-corrected chi connectivity index (χ1v) is 9.04. The molecule has 1 amide bonds. The zero-order valence-electron chi connectivity index (χ0n) is 12.2. The normalized spacial score (nSPS) is 14.6. The average Bonchev–Trinajstić information content (AvgIpc) is 2.50. The van der Waals surface area contributed by atoms with E-state index in [-0.39, 0.29) is 5.91 Å². The third kappa shape index (κ3) is 6.58. The number of benzene rings is 1. The van der Waals surface area contributed by atoms with E-state index in [2.05, 4.69) is 11.4 Å². The molecule has 0 aliphatic heterocycles. The van der Waals surface area contributed by atoms with Crippen molar-refractivity contribution in [3.63, 3.8) is 0 Å². The van der Waals surface area contributed by atoms with Gasteiger partial charge in [0.2, 0.25) is 5.91 Å². The Labute approximate surface area is 136 Å². The molecule has 4 heteroatoms. The Hall–Kier alpha value is -0.930. The largest absolute Gasteiger partial charge is 0.355 e. The maximum absolute atomic E-state index is 11.8. The number of rotatable bonds is 7. The smallest absolute Gasteiger partial charge is 0.230 e. The summed E-state index contributed by atoms with van der Waals surface area (Å²) < 4.78 is 0. The number of hydrogen-bond acceptors (Lipinski definition) is 2. The zero-order chi connectivity index (χ0) is 14.9. The average molecular weight is 324 g/mol. The Balaban J connectivity index is 1.57. The summed E-state index contributed by atoms with van der Waals surface area (Å²) in [5.41, 5.74) is 2.71. The van der Waals surface area contributed by atoms with E-state index in [1.165, 1.54) is 36.8 Å². The van der Waals surface area contributed by atoms with Crippen LogP contribution in [0, 0.1) is 0 Å². The fourth-order valence-electron chi connectivity index (χ4n) is 2.39. The molecule has 114 valence electrons. The number of hydrogen-bond donors (Lipinski definition) is 1. The van der Waals surface area contributed by atoms with E-state index in [4.69, 9.17) is 11.6 Å². The van der Waals surface area contributed by atoms with E-state index in [0.717, 1.165) is 23.7 Å². The Morgan fingerprint density at radius 1 is 1.24 bits per heavy atom. The molecule has 1 N–H and O–H groups in total. The van der Waals surface area contributed by atoms with Gasteiger partial charge >= 0.3 is 0 Å². The standard InChI is InChI=1S/C17H22ClNOS/c18-16-8-6-15(7-9-16)12-21-13-17(20)19-11-10-14-4-2-1-3-5-14/h4,6-9H,1-3,5,10-13H2,(H,19,20). The number of amides is 1. The zero-order valence-corrected chi connectivity index (χ0v) is 13.8. The molecule has 1 aliphatic rings. The summed E-state index contributed by atoms with van der Waals surface area (Å²) in [4.78, 5) is 11.8. The Morgan fingerprint density at radius 2 is 2.05 bits per heavy atom. The molecule has 2 rings (SSSR count). The van der Waals surface area contributed by atoms with Crippen molar-refractivity contribution in [3.8, 4) is 0 Å². The molecule has 0 radical (unpaired) electrons. The van der Waals surface area contributed by atoms with Crippen LogP contribution in [0.2, 0.25) is 5.02 Å². The molecule has 0 saturated carbocycles. The first-order chi connectivity index (χ1) is 10.2. The van der Waals surface area contributed by atoms with Gasteiger partial charge in [-0.1, -0.05) is 35.4 Å². The van der Waals surface area contributed by atoms with Gasteiger partial charge in [0.1, 0.15) is 0 Å². The maximum Gasteiger partial charge on any atom is 0.230 e. The van der Waals surface area contributed by atoms with Gasteiger partial charge in [-0.25, -0.2) is 0 Å². The summed E-state index contributed by atoms with van der Waals surface area (Å²) >= 11 is 7.48. The molecule has 0 saturated heterocycles. The van der Waals surface area contributed by atoms with E-state index in [1.54, 1.807) is 11.8 Å². The van der Waals surface area contributed by atoms with Crippen LogP contribution < -0.4 is 5.32 Å². The lowest BCUT2D eigenvalue weighted by molar-refractivity contribution is -0.118. The lowest BCUT2D eigenvalue weighted by atomic mass is 9.97. The molecule has 1 aromatic rings. The van der Waals surface area contributed by atoms with Gasteiger partial charge in [0.05, 0.1) is 5.75 Å². The summed E-state index contributed by atoms with van der Waals surface area (Å²) in [5.74, 6) is 1.49. The SMILES string of the molecule is O=C(CSCc1ccc(Cl)cc1)NCCC1=CCCCC1. The van der Waals surface area contributed by atoms with Crippen molar-refractivity contribution in [2.45, 2.75) is 37.9 Å². The van der Waals surface area contributed by atoms with Crippen LogP contribution in [0.15, 0.2) is 35.9 Å². The molecule has 0 heterocycles. The Morgan fingerprint density at radius 3 is 2.76 bits per heavy atom. The Kier molecular flexibility index (Phi) is 7.17. The monoisotopic (exact) mass is 323 g/mol. The maximum atomic E-state index is 11.8. The molecule has 0 bridgehead atoms. The second-order valence-corrected chi connectivity index (χ2v) is 6.75. The van der Waals surface area contributed by atoms with Crippen LogP contribution in [0.3, 0.4) is 0 Å². The lowest BCUT2D eigenvalue weighted by Gasteiger charge is -2.12. The van der Waals surface area contributed by atoms with Crippen molar-refractivity contribution in [1.29, 1.82) is 0 Å². The highest BCUT2D eigenvalue weighted by molar-refractivity contribution is 7.99. The molecule has 1 aromatic carbocycles. The Bertz CT molecular complexity index is 484. The summed E-state index contributed by atoms with van der Waals surface area (Å²) in [7, 11) is 0. The summed E-state index contributed by atoms with van der Waals surface area (Å²) in [6.07, 6.45) is 8.38. The lowest BCUT2D eigenvalue weighted by Crippen LogP contribution is -2.26. The molecule has 0 atom stereocenters. The van der Waals surface area contributed by atoms with Gasteiger partial charge in [0.15, 0.2) is 0 Å². The van der Waals surface area contributed by atoms with E-state index >= 15 is 0 Å². The first kappa shape index (κ1) is 16.4. The van der Waals surface area contributed by atoms with Crippen LogP contribution in [0.4, 0.5) is 0 Å². The third-order valence-electron chi connectivity index (χ3n) is 3.57. The number of carbonyl (C=O) groups is 1. The van der Waals surface area contributed by atoms with Gasteiger partial charge in [-0.05, 0) is 49.8 Å². The summed E-state index contributed by atoms with van der Waals surface area (Å²) in [6, 6.07) is 7.77. The molecule has 0 aromatic heterocycles. The minimum atomic E-state index is 0.130. The van der Waals surface area contributed by atoms with Gasteiger partial charge in [0.25, 0.3) is 0 Å². The van der Waals surface area contributed by atoms with Crippen LogP contribution >= 0.6 is 23.4 Å². The number of thioether (sulfide) groups is 1. The van der Waals surface area contributed by atoms with Gasteiger partial charge in [-0.2, -0.15) is 0 Å². The molecular formula is C17H22ClNOS. The topological polar surface area (TPSA) is 29.1 Å². The second kappa shape index (κ2) is 9.16. The van der Waals surface area contributed by atoms with Crippen molar-refractivity contribution < 1.29 is 4.79 Å². The predicted octanol–water partition coefficient (Wildman–Crippen LogP) is 4.58.